The fourth-order valence-corrected chi connectivity index (χ4v) is 3.58. The van der Waals surface area contributed by atoms with Crippen LogP contribution < -0.4 is 14.2 Å². The monoisotopic (exact) mass is 440 g/mol. The molecule has 0 spiro atoms. The van der Waals surface area contributed by atoms with E-state index in [0.29, 0.717) is 41.0 Å². The van der Waals surface area contributed by atoms with Crippen LogP contribution in [0.1, 0.15) is 16.8 Å². The van der Waals surface area contributed by atoms with Crippen LogP contribution in [-0.4, -0.2) is 62.7 Å². The van der Waals surface area contributed by atoms with E-state index in [1.807, 2.05) is 0 Å². The topological polar surface area (TPSA) is 70.1 Å². The lowest BCUT2D eigenvalue weighted by Gasteiger charge is -2.26. The van der Waals surface area contributed by atoms with Gasteiger partial charge >= 0.3 is 0 Å². The van der Waals surface area contributed by atoms with Crippen molar-refractivity contribution in [1.29, 1.82) is 0 Å². The highest BCUT2D eigenvalue weighted by molar-refractivity contribution is 5.88. The van der Waals surface area contributed by atoms with Crippen molar-refractivity contribution in [2.75, 3.05) is 46.6 Å². The lowest BCUT2D eigenvalue weighted by Crippen LogP contribution is -2.37. The number of pyridine rings is 1. The number of rotatable bonds is 9. The summed E-state index contributed by atoms with van der Waals surface area (Å²) in [6.07, 6.45) is 3.06. The Balaban J connectivity index is 1.49. The summed E-state index contributed by atoms with van der Waals surface area (Å²) in [5.41, 5.74) is 0.878. The highest BCUT2D eigenvalue weighted by Crippen LogP contribution is 2.37. The van der Waals surface area contributed by atoms with Crippen molar-refractivity contribution in [3.63, 3.8) is 0 Å². The Morgan fingerprint density at radius 1 is 1.09 bits per heavy atom. The number of nitrogens with zero attached hydrogens (tertiary/aromatic N) is 2. The summed E-state index contributed by atoms with van der Waals surface area (Å²) < 4.78 is 36.9. The first kappa shape index (κ1) is 22.0. The van der Waals surface area contributed by atoms with Crippen molar-refractivity contribution in [1.82, 2.24) is 9.88 Å². The quantitative estimate of drug-likeness (QED) is 0.367. The molecule has 168 valence electrons. The number of morpholine rings is 1. The number of hydrogen-bond donors (Lipinski definition) is 0. The molecular weight excluding hydrogens is 415 g/mol. The first-order valence-corrected chi connectivity index (χ1v) is 10.5. The van der Waals surface area contributed by atoms with Crippen LogP contribution >= 0.6 is 0 Å². The van der Waals surface area contributed by atoms with Crippen molar-refractivity contribution in [2.24, 2.45) is 0 Å². The lowest BCUT2D eigenvalue weighted by molar-refractivity contribution is 0.0357. The molecule has 0 unspecified atom stereocenters. The number of aldehydes is 1. The van der Waals surface area contributed by atoms with Crippen LogP contribution in [0, 0.1) is 5.82 Å². The van der Waals surface area contributed by atoms with Crippen LogP contribution in [0.5, 0.6) is 23.0 Å². The van der Waals surface area contributed by atoms with E-state index >= 15 is 0 Å². The van der Waals surface area contributed by atoms with Gasteiger partial charge in [-0.25, -0.2) is 4.39 Å². The zero-order valence-corrected chi connectivity index (χ0v) is 17.9. The van der Waals surface area contributed by atoms with Crippen LogP contribution in [0.15, 0.2) is 42.6 Å². The number of halogens is 1. The second-order valence-electron chi connectivity index (χ2n) is 7.40. The normalized spacial score (nSPS) is 14.3. The second-order valence-corrected chi connectivity index (χ2v) is 7.40. The molecule has 1 saturated heterocycles. The molecule has 3 aromatic rings. The van der Waals surface area contributed by atoms with Gasteiger partial charge in [-0.05, 0) is 36.8 Å². The van der Waals surface area contributed by atoms with Gasteiger partial charge in [0, 0.05) is 42.8 Å². The summed E-state index contributed by atoms with van der Waals surface area (Å²) in [5.74, 6) is 0.953. The summed E-state index contributed by atoms with van der Waals surface area (Å²) >= 11 is 0. The summed E-state index contributed by atoms with van der Waals surface area (Å²) in [6.45, 7) is 4.95. The van der Waals surface area contributed by atoms with E-state index in [9.17, 15) is 9.18 Å². The van der Waals surface area contributed by atoms with Gasteiger partial charge < -0.3 is 18.9 Å². The van der Waals surface area contributed by atoms with Crippen LogP contribution in [-0.2, 0) is 4.74 Å². The summed E-state index contributed by atoms with van der Waals surface area (Å²) in [5, 5.41) is 0.656. The maximum atomic E-state index is 14.3. The number of carbonyl (C=O) groups excluding carboxylic acids is 1. The number of fused-ring (bicyclic) bond motifs is 1. The zero-order valence-electron chi connectivity index (χ0n) is 17.9. The Labute approximate surface area is 185 Å². The summed E-state index contributed by atoms with van der Waals surface area (Å²) in [6, 6.07) is 9.27. The molecule has 0 bridgehead atoms. The molecule has 0 radical (unpaired) electrons. The fourth-order valence-electron chi connectivity index (χ4n) is 3.58. The van der Waals surface area contributed by atoms with Gasteiger partial charge in [0.2, 0.25) is 0 Å². The standard InChI is InChI=1S/C24H25FN2O5/c1-29-23-14-18-20(15-24(23)31-10-2-7-27-8-11-30-12-9-27)26-6-5-21(18)32-22-4-3-17(16-28)13-19(22)25/h3-6,13-16H,2,7-12H2,1H3. The molecule has 8 heteroatoms. The Bertz CT molecular complexity index is 1090. The van der Waals surface area contributed by atoms with Crippen LogP contribution in [0.3, 0.4) is 0 Å². The molecule has 1 aliphatic heterocycles. The summed E-state index contributed by atoms with van der Waals surface area (Å²) in [7, 11) is 1.57. The Kier molecular flexibility index (Phi) is 7.14. The molecule has 0 amide bonds. The van der Waals surface area contributed by atoms with Crippen molar-refractivity contribution in [2.45, 2.75) is 6.42 Å². The minimum absolute atomic E-state index is 0.0190. The van der Waals surface area contributed by atoms with E-state index in [0.717, 1.165) is 45.3 Å². The molecule has 32 heavy (non-hydrogen) atoms. The number of hydrogen-bond acceptors (Lipinski definition) is 7. The van der Waals surface area contributed by atoms with E-state index in [1.54, 1.807) is 31.5 Å². The van der Waals surface area contributed by atoms with Crippen molar-refractivity contribution >= 4 is 17.2 Å². The van der Waals surface area contributed by atoms with Gasteiger partial charge in [-0.1, -0.05) is 0 Å². The van der Waals surface area contributed by atoms with Gasteiger partial charge in [0.25, 0.3) is 0 Å². The zero-order chi connectivity index (χ0) is 22.3. The lowest BCUT2D eigenvalue weighted by atomic mass is 10.1. The van der Waals surface area contributed by atoms with Crippen molar-refractivity contribution in [3.05, 3.63) is 54.0 Å². The van der Waals surface area contributed by atoms with Crippen molar-refractivity contribution in [3.8, 4) is 23.0 Å². The third-order valence-electron chi connectivity index (χ3n) is 5.28. The molecule has 0 aliphatic carbocycles. The molecule has 0 atom stereocenters. The molecule has 7 nitrogen and oxygen atoms in total. The van der Waals surface area contributed by atoms with Gasteiger partial charge in [-0.15, -0.1) is 0 Å². The Hall–Kier alpha value is -3.23. The van der Waals surface area contributed by atoms with Gasteiger partial charge in [-0.3, -0.25) is 14.7 Å². The van der Waals surface area contributed by atoms with E-state index in [2.05, 4.69) is 9.88 Å². The second kappa shape index (κ2) is 10.4. The van der Waals surface area contributed by atoms with Crippen LogP contribution in [0.2, 0.25) is 0 Å². The first-order chi connectivity index (χ1) is 15.7. The Morgan fingerprint density at radius 2 is 1.94 bits per heavy atom. The molecule has 4 rings (SSSR count). The molecule has 1 fully saturated rings. The average Bonchev–Trinajstić information content (AvgIpc) is 2.83. The third kappa shape index (κ3) is 5.15. The van der Waals surface area contributed by atoms with Gasteiger partial charge in [0.15, 0.2) is 23.1 Å². The first-order valence-electron chi connectivity index (χ1n) is 10.5. The van der Waals surface area contributed by atoms with Crippen molar-refractivity contribution < 1.29 is 28.1 Å². The Morgan fingerprint density at radius 3 is 2.69 bits per heavy atom. The van der Waals surface area contributed by atoms with Gasteiger partial charge in [0.1, 0.15) is 12.0 Å². The van der Waals surface area contributed by atoms with Crippen LogP contribution in [0.25, 0.3) is 10.9 Å². The highest BCUT2D eigenvalue weighted by Gasteiger charge is 2.14. The number of ether oxygens (including phenoxy) is 4. The van der Waals surface area contributed by atoms with E-state index < -0.39 is 5.82 Å². The number of benzene rings is 2. The SMILES string of the molecule is COc1cc2c(Oc3ccc(C=O)cc3F)ccnc2cc1OCCCN1CCOCC1. The molecule has 2 heterocycles. The molecule has 0 saturated carbocycles. The van der Waals surface area contributed by atoms with E-state index in [-0.39, 0.29) is 11.3 Å². The number of carbonyl (C=O) groups is 1. The van der Waals surface area contributed by atoms with E-state index in [1.165, 1.54) is 12.1 Å². The minimum atomic E-state index is -0.619. The van der Waals surface area contributed by atoms with Gasteiger partial charge in [-0.2, -0.15) is 0 Å². The van der Waals surface area contributed by atoms with Crippen LogP contribution in [0.4, 0.5) is 4.39 Å². The molecule has 1 aliphatic rings. The molecular formula is C24H25FN2O5. The van der Waals surface area contributed by atoms with E-state index in [4.69, 9.17) is 18.9 Å². The van der Waals surface area contributed by atoms with Gasteiger partial charge in [0.05, 0.1) is 32.4 Å². The highest BCUT2D eigenvalue weighted by atomic mass is 19.1. The molecule has 0 N–H and O–H groups in total. The maximum Gasteiger partial charge on any atom is 0.166 e. The number of methoxy groups -OCH3 is 1. The number of aromatic nitrogens is 1. The smallest absolute Gasteiger partial charge is 0.166 e. The average molecular weight is 440 g/mol. The predicted octanol–water partition coefficient (Wildman–Crippen LogP) is 4.09. The third-order valence-corrected chi connectivity index (χ3v) is 5.28. The maximum absolute atomic E-state index is 14.3. The minimum Gasteiger partial charge on any atom is -0.493 e. The summed E-state index contributed by atoms with van der Waals surface area (Å²) in [4.78, 5) is 17.6. The molecule has 2 aromatic carbocycles. The molecule has 1 aromatic heterocycles. The largest absolute Gasteiger partial charge is 0.493 e. The fraction of sp³-hybridized carbons (Fsp3) is 0.333. The predicted molar refractivity (Wildman–Crippen MR) is 118 cm³/mol.